The highest BCUT2D eigenvalue weighted by Crippen LogP contribution is 2.24. The Morgan fingerprint density at radius 2 is 2.27 bits per heavy atom. The predicted octanol–water partition coefficient (Wildman–Crippen LogP) is 2.21. The van der Waals surface area contributed by atoms with Crippen LogP contribution in [0.2, 0.25) is 0 Å². The number of imidazole rings is 1. The molecule has 1 N–H and O–H groups in total. The molecule has 2 rings (SSSR count). The third-order valence-electron chi connectivity index (χ3n) is 3.22. The Hall–Kier alpha value is -2.90. The van der Waals surface area contributed by atoms with Crippen molar-refractivity contribution < 1.29 is 14.5 Å². The highest BCUT2D eigenvalue weighted by atomic mass is 16.6. The minimum atomic E-state index is -0.554. The number of nitrogens with zero attached hydrogens (tertiary/aromatic N) is 3. The lowest BCUT2D eigenvalue weighted by Crippen LogP contribution is -2.11. The molecule has 0 aliphatic rings. The molecule has 0 saturated carbocycles. The van der Waals surface area contributed by atoms with Crippen molar-refractivity contribution in [1.82, 2.24) is 9.55 Å². The van der Waals surface area contributed by atoms with Crippen LogP contribution in [0.4, 0.5) is 11.4 Å². The fourth-order valence-electron chi connectivity index (χ4n) is 2.05. The minimum Gasteiger partial charge on any atom is -0.465 e. The average molecular weight is 304 g/mol. The molecule has 0 atom stereocenters. The van der Waals surface area contributed by atoms with Gasteiger partial charge in [0, 0.05) is 24.9 Å². The Labute approximate surface area is 126 Å². The Morgan fingerprint density at radius 3 is 2.91 bits per heavy atom. The maximum absolute atomic E-state index is 11.8. The first-order chi connectivity index (χ1) is 10.6. The standard InChI is InChI=1S/C14H16N4O4/c1-3-17-9-15-7-11(17)8-16-13-6-10(18(20)21)4-5-12(13)14(19)22-2/h4-7,9,16H,3,8H2,1-2H3. The third kappa shape index (κ3) is 3.22. The summed E-state index contributed by atoms with van der Waals surface area (Å²) in [5.74, 6) is -0.554. The summed E-state index contributed by atoms with van der Waals surface area (Å²) in [6.45, 7) is 3.13. The van der Waals surface area contributed by atoms with Gasteiger partial charge in [-0.15, -0.1) is 0 Å². The summed E-state index contributed by atoms with van der Waals surface area (Å²) in [4.78, 5) is 26.2. The molecule has 8 heteroatoms. The number of hydrogen-bond acceptors (Lipinski definition) is 6. The van der Waals surface area contributed by atoms with Gasteiger partial charge in [-0.1, -0.05) is 0 Å². The molecule has 0 radical (unpaired) electrons. The number of nitrogens with one attached hydrogen (secondary N) is 1. The monoisotopic (exact) mass is 304 g/mol. The summed E-state index contributed by atoms with van der Waals surface area (Å²) >= 11 is 0. The van der Waals surface area contributed by atoms with E-state index in [2.05, 4.69) is 10.3 Å². The van der Waals surface area contributed by atoms with E-state index in [0.717, 1.165) is 12.2 Å². The van der Waals surface area contributed by atoms with Crippen molar-refractivity contribution in [1.29, 1.82) is 0 Å². The van der Waals surface area contributed by atoms with Gasteiger partial charge in [0.25, 0.3) is 5.69 Å². The molecule has 0 unspecified atom stereocenters. The Bertz CT molecular complexity index is 696. The number of rotatable bonds is 6. The summed E-state index contributed by atoms with van der Waals surface area (Å²) in [5.41, 5.74) is 1.41. The SMILES string of the molecule is CCn1cncc1CNc1cc([N+](=O)[O-])ccc1C(=O)OC. The largest absolute Gasteiger partial charge is 0.465 e. The number of anilines is 1. The number of aryl methyl sites for hydroxylation is 1. The molecule has 0 amide bonds. The van der Waals surface area contributed by atoms with Crippen molar-refractivity contribution in [2.24, 2.45) is 0 Å². The van der Waals surface area contributed by atoms with E-state index in [1.165, 1.54) is 25.3 Å². The zero-order valence-electron chi connectivity index (χ0n) is 12.3. The zero-order chi connectivity index (χ0) is 16.1. The number of nitro groups is 1. The maximum Gasteiger partial charge on any atom is 0.339 e. The molecule has 0 aliphatic heterocycles. The third-order valence-corrected chi connectivity index (χ3v) is 3.22. The van der Waals surface area contributed by atoms with Gasteiger partial charge in [0.2, 0.25) is 0 Å². The summed E-state index contributed by atoms with van der Waals surface area (Å²) in [7, 11) is 1.26. The first-order valence-electron chi connectivity index (χ1n) is 6.66. The Balaban J connectivity index is 2.28. The fraction of sp³-hybridized carbons (Fsp3) is 0.286. The number of nitro benzene ring substituents is 1. The molecular weight excluding hydrogens is 288 g/mol. The van der Waals surface area contributed by atoms with Crippen LogP contribution in [0.5, 0.6) is 0 Å². The zero-order valence-corrected chi connectivity index (χ0v) is 12.3. The van der Waals surface area contributed by atoms with E-state index in [-0.39, 0.29) is 11.3 Å². The van der Waals surface area contributed by atoms with E-state index >= 15 is 0 Å². The molecule has 8 nitrogen and oxygen atoms in total. The van der Waals surface area contributed by atoms with Gasteiger partial charge in [0.05, 0.1) is 41.8 Å². The smallest absolute Gasteiger partial charge is 0.339 e. The van der Waals surface area contributed by atoms with Crippen molar-refractivity contribution in [2.75, 3.05) is 12.4 Å². The molecule has 0 spiro atoms. The number of aromatic nitrogens is 2. The number of carbonyl (C=O) groups is 1. The molecule has 116 valence electrons. The van der Waals surface area contributed by atoms with Crippen LogP contribution in [-0.2, 0) is 17.8 Å². The van der Waals surface area contributed by atoms with Crippen LogP contribution < -0.4 is 5.32 Å². The van der Waals surface area contributed by atoms with E-state index in [9.17, 15) is 14.9 Å². The maximum atomic E-state index is 11.8. The van der Waals surface area contributed by atoms with Gasteiger partial charge in [-0.3, -0.25) is 10.1 Å². The second-order valence-corrected chi connectivity index (χ2v) is 4.50. The highest BCUT2D eigenvalue weighted by molar-refractivity contribution is 5.96. The highest BCUT2D eigenvalue weighted by Gasteiger charge is 2.16. The molecule has 0 bridgehead atoms. The van der Waals surface area contributed by atoms with E-state index in [4.69, 9.17) is 4.74 Å². The van der Waals surface area contributed by atoms with Crippen molar-refractivity contribution in [2.45, 2.75) is 20.0 Å². The van der Waals surface area contributed by atoms with Gasteiger partial charge in [0.15, 0.2) is 0 Å². The molecule has 0 saturated heterocycles. The molecule has 1 aromatic heterocycles. The molecular formula is C14H16N4O4. The van der Waals surface area contributed by atoms with Crippen LogP contribution in [0.15, 0.2) is 30.7 Å². The molecule has 2 aromatic rings. The van der Waals surface area contributed by atoms with Crippen LogP contribution >= 0.6 is 0 Å². The van der Waals surface area contributed by atoms with Crippen LogP contribution in [0.25, 0.3) is 0 Å². The van der Waals surface area contributed by atoms with Gasteiger partial charge in [0.1, 0.15) is 0 Å². The lowest BCUT2D eigenvalue weighted by Gasteiger charge is -2.11. The number of hydrogen-bond donors (Lipinski definition) is 1. The van der Waals surface area contributed by atoms with Gasteiger partial charge in [-0.05, 0) is 13.0 Å². The lowest BCUT2D eigenvalue weighted by molar-refractivity contribution is -0.384. The minimum absolute atomic E-state index is 0.0980. The lowest BCUT2D eigenvalue weighted by atomic mass is 10.1. The van der Waals surface area contributed by atoms with E-state index in [1.54, 1.807) is 12.5 Å². The summed E-state index contributed by atoms with van der Waals surface area (Å²) in [6, 6.07) is 3.97. The first kappa shape index (κ1) is 15.5. The Morgan fingerprint density at radius 1 is 1.50 bits per heavy atom. The van der Waals surface area contributed by atoms with Crippen LogP contribution in [0.1, 0.15) is 23.0 Å². The molecule has 0 aliphatic carbocycles. The van der Waals surface area contributed by atoms with Crippen molar-refractivity contribution in [3.63, 3.8) is 0 Å². The van der Waals surface area contributed by atoms with Gasteiger partial charge < -0.3 is 14.6 Å². The summed E-state index contributed by atoms with van der Waals surface area (Å²) < 4.78 is 6.63. The predicted molar refractivity (Wildman–Crippen MR) is 79.7 cm³/mol. The first-order valence-corrected chi connectivity index (χ1v) is 6.66. The fourth-order valence-corrected chi connectivity index (χ4v) is 2.05. The van der Waals surface area contributed by atoms with Crippen LogP contribution in [-0.4, -0.2) is 27.6 Å². The van der Waals surface area contributed by atoms with Gasteiger partial charge in [-0.25, -0.2) is 9.78 Å². The summed E-state index contributed by atoms with van der Waals surface area (Å²) in [6.07, 6.45) is 3.40. The molecule has 22 heavy (non-hydrogen) atoms. The Kier molecular flexibility index (Phi) is 4.72. The second-order valence-electron chi connectivity index (χ2n) is 4.50. The van der Waals surface area contributed by atoms with E-state index < -0.39 is 10.9 Å². The number of carbonyl (C=O) groups excluding carboxylic acids is 1. The number of esters is 1. The van der Waals surface area contributed by atoms with Gasteiger partial charge in [-0.2, -0.15) is 0 Å². The molecule has 1 aromatic carbocycles. The summed E-state index contributed by atoms with van der Waals surface area (Å²) in [5, 5.41) is 13.9. The van der Waals surface area contributed by atoms with Crippen molar-refractivity contribution in [3.8, 4) is 0 Å². The second kappa shape index (κ2) is 6.70. The van der Waals surface area contributed by atoms with Gasteiger partial charge >= 0.3 is 5.97 Å². The normalized spacial score (nSPS) is 10.3. The van der Waals surface area contributed by atoms with Crippen molar-refractivity contribution in [3.05, 3.63) is 52.1 Å². The van der Waals surface area contributed by atoms with Crippen LogP contribution in [0, 0.1) is 10.1 Å². The quantitative estimate of drug-likeness (QED) is 0.499. The molecule has 0 fully saturated rings. The van der Waals surface area contributed by atoms with Crippen molar-refractivity contribution >= 4 is 17.3 Å². The van der Waals surface area contributed by atoms with E-state index in [0.29, 0.717) is 12.2 Å². The topological polar surface area (TPSA) is 99.3 Å². The number of ether oxygens (including phenoxy) is 1. The average Bonchev–Trinajstić information content (AvgIpc) is 2.99. The number of non-ortho nitro benzene ring substituents is 1. The molecule has 1 heterocycles. The number of methoxy groups -OCH3 is 1. The van der Waals surface area contributed by atoms with Crippen LogP contribution in [0.3, 0.4) is 0 Å². The number of benzene rings is 1. The van der Waals surface area contributed by atoms with E-state index in [1.807, 2.05) is 11.5 Å².